The minimum atomic E-state index is -0.441. The number of rotatable bonds is 8. The topological polar surface area (TPSA) is 109 Å². The molecule has 8 nitrogen and oxygen atoms in total. The van der Waals surface area contributed by atoms with E-state index in [9.17, 15) is 14.9 Å². The molecule has 0 radical (unpaired) electrons. The maximum Gasteiger partial charge on any atom is 0.225 e. The van der Waals surface area contributed by atoms with Crippen LogP contribution in [0.15, 0.2) is 43.0 Å². The lowest BCUT2D eigenvalue weighted by molar-refractivity contribution is -0.121. The molecule has 9 heteroatoms. The summed E-state index contributed by atoms with van der Waals surface area (Å²) in [7, 11) is 1.61. The van der Waals surface area contributed by atoms with Gasteiger partial charge in [0.15, 0.2) is 5.78 Å². The third-order valence-corrected chi connectivity index (χ3v) is 6.93. The normalized spacial score (nSPS) is 15.8. The summed E-state index contributed by atoms with van der Waals surface area (Å²) < 4.78 is 6.99. The molecule has 2 aromatic heterocycles. The number of aromatic nitrogens is 2. The molecular weight excluding hydrogens is 438 g/mol. The molecular formula is C24H25N5O3S. The summed E-state index contributed by atoms with van der Waals surface area (Å²) in [4.78, 5) is 30.7. The van der Waals surface area contributed by atoms with Crippen molar-refractivity contribution in [2.75, 3.05) is 19.0 Å². The number of nitrogens with zero attached hydrogens (tertiary/aromatic N) is 3. The summed E-state index contributed by atoms with van der Waals surface area (Å²) in [6.07, 6.45) is 5.23. The van der Waals surface area contributed by atoms with E-state index in [1.807, 2.05) is 31.2 Å². The van der Waals surface area contributed by atoms with Gasteiger partial charge in [-0.25, -0.2) is 4.98 Å². The number of amides is 1. The first-order valence-electron chi connectivity index (χ1n) is 10.7. The summed E-state index contributed by atoms with van der Waals surface area (Å²) >= 11 is 1.36. The summed E-state index contributed by atoms with van der Waals surface area (Å²) in [6.45, 7) is 3.20. The van der Waals surface area contributed by atoms with Gasteiger partial charge >= 0.3 is 0 Å². The van der Waals surface area contributed by atoms with Gasteiger partial charge in [-0.1, -0.05) is 19.1 Å². The first kappa shape index (κ1) is 22.7. The number of hydrogen-bond acceptors (Lipinski definition) is 7. The van der Waals surface area contributed by atoms with E-state index >= 15 is 0 Å². The molecule has 0 spiro atoms. The zero-order valence-electron chi connectivity index (χ0n) is 18.5. The number of thiophene rings is 1. The van der Waals surface area contributed by atoms with Crippen LogP contribution in [0.3, 0.4) is 0 Å². The van der Waals surface area contributed by atoms with Gasteiger partial charge in [-0.05, 0) is 29.2 Å². The number of ether oxygens (including phenoxy) is 1. The highest BCUT2D eigenvalue weighted by Crippen LogP contribution is 2.40. The first-order chi connectivity index (χ1) is 16.0. The Hall–Kier alpha value is -3.48. The fraction of sp³-hybridized carbons (Fsp3) is 0.333. The molecule has 3 aromatic rings. The SMILES string of the molecule is COc1cccc(C(C)CC(=O)Nc2sc3c(c2C#N)C(C(=O)Cn2ccnc2)CNC3)c1. The van der Waals surface area contributed by atoms with Crippen LogP contribution in [-0.4, -0.2) is 34.9 Å². The number of hydrogen-bond donors (Lipinski definition) is 2. The van der Waals surface area contributed by atoms with Gasteiger partial charge in [0.25, 0.3) is 0 Å². The van der Waals surface area contributed by atoms with E-state index in [1.54, 1.807) is 30.4 Å². The van der Waals surface area contributed by atoms with Gasteiger partial charge in [0.05, 0.1) is 31.5 Å². The van der Waals surface area contributed by atoms with Crippen LogP contribution in [0.1, 0.15) is 46.7 Å². The minimum Gasteiger partial charge on any atom is -0.497 e. The number of ketones is 1. The Bertz CT molecular complexity index is 1200. The lowest BCUT2D eigenvalue weighted by Gasteiger charge is -2.23. The molecule has 1 amide bonds. The predicted molar refractivity (Wildman–Crippen MR) is 125 cm³/mol. The van der Waals surface area contributed by atoms with Crippen molar-refractivity contribution in [1.29, 1.82) is 5.26 Å². The Morgan fingerprint density at radius 2 is 2.30 bits per heavy atom. The van der Waals surface area contributed by atoms with Crippen molar-refractivity contribution in [2.45, 2.75) is 38.3 Å². The van der Waals surface area contributed by atoms with Crippen LogP contribution in [0.25, 0.3) is 0 Å². The van der Waals surface area contributed by atoms with Gasteiger partial charge < -0.3 is 19.9 Å². The number of imidazole rings is 1. The van der Waals surface area contributed by atoms with Crippen LogP contribution >= 0.6 is 11.3 Å². The molecule has 0 saturated heterocycles. The summed E-state index contributed by atoms with van der Waals surface area (Å²) in [6, 6.07) is 9.89. The maximum atomic E-state index is 13.0. The number of nitrogens with one attached hydrogen (secondary N) is 2. The van der Waals surface area contributed by atoms with Gasteiger partial charge in [-0.2, -0.15) is 5.26 Å². The molecule has 2 atom stereocenters. The lowest BCUT2D eigenvalue weighted by atomic mass is 9.89. The Balaban J connectivity index is 1.51. The number of Topliss-reactive ketones (excluding diaryl/α,β-unsaturated/α-hetero) is 1. The Labute approximate surface area is 196 Å². The van der Waals surface area contributed by atoms with Gasteiger partial charge in [-0.15, -0.1) is 11.3 Å². The molecule has 0 aliphatic carbocycles. The smallest absolute Gasteiger partial charge is 0.225 e. The molecule has 33 heavy (non-hydrogen) atoms. The quantitative estimate of drug-likeness (QED) is 0.530. The average Bonchev–Trinajstić information content (AvgIpc) is 3.45. The second kappa shape index (κ2) is 9.98. The number of benzene rings is 1. The second-order valence-electron chi connectivity index (χ2n) is 8.07. The molecule has 2 unspecified atom stereocenters. The minimum absolute atomic E-state index is 0.000253. The maximum absolute atomic E-state index is 13.0. The Kier molecular flexibility index (Phi) is 6.87. The largest absolute Gasteiger partial charge is 0.497 e. The van der Waals surface area contributed by atoms with Crippen molar-refractivity contribution in [2.24, 2.45) is 0 Å². The van der Waals surface area contributed by atoms with E-state index in [0.717, 1.165) is 21.8 Å². The molecule has 170 valence electrons. The molecule has 3 heterocycles. The molecule has 1 aliphatic heterocycles. The van der Waals surface area contributed by atoms with Crippen molar-refractivity contribution >= 4 is 28.0 Å². The highest BCUT2D eigenvalue weighted by atomic mass is 32.1. The average molecular weight is 464 g/mol. The van der Waals surface area contributed by atoms with Crippen molar-refractivity contribution in [3.8, 4) is 11.8 Å². The van der Waals surface area contributed by atoms with Gasteiger partial charge in [0.1, 0.15) is 16.8 Å². The van der Waals surface area contributed by atoms with Crippen LogP contribution < -0.4 is 15.4 Å². The summed E-state index contributed by atoms with van der Waals surface area (Å²) in [5.41, 5.74) is 2.13. The summed E-state index contributed by atoms with van der Waals surface area (Å²) in [5, 5.41) is 16.6. The van der Waals surface area contributed by atoms with E-state index in [4.69, 9.17) is 4.74 Å². The highest BCUT2D eigenvalue weighted by Gasteiger charge is 2.33. The highest BCUT2D eigenvalue weighted by molar-refractivity contribution is 7.16. The fourth-order valence-electron chi connectivity index (χ4n) is 4.09. The van der Waals surface area contributed by atoms with Crippen LogP contribution in [0.4, 0.5) is 5.00 Å². The van der Waals surface area contributed by atoms with E-state index < -0.39 is 5.92 Å². The van der Waals surface area contributed by atoms with E-state index in [-0.39, 0.29) is 30.6 Å². The molecule has 0 fully saturated rings. The van der Waals surface area contributed by atoms with Crippen molar-refractivity contribution in [3.05, 3.63) is 64.6 Å². The van der Waals surface area contributed by atoms with Crippen molar-refractivity contribution in [3.63, 3.8) is 0 Å². The molecule has 1 aliphatic rings. The number of carbonyl (C=O) groups is 2. The molecule has 0 bridgehead atoms. The number of carbonyl (C=O) groups excluding carboxylic acids is 2. The van der Waals surface area contributed by atoms with Crippen LogP contribution in [0, 0.1) is 11.3 Å². The van der Waals surface area contributed by atoms with Crippen LogP contribution in [0.5, 0.6) is 5.75 Å². The van der Waals surface area contributed by atoms with Crippen molar-refractivity contribution in [1.82, 2.24) is 14.9 Å². The molecule has 1 aromatic carbocycles. The Morgan fingerprint density at radius 1 is 1.45 bits per heavy atom. The molecule has 2 N–H and O–H groups in total. The molecule has 0 saturated carbocycles. The zero-order valence-corrected chi connectivity index (χ0v) is 19.3. The zero-order chi connectivity index (χ0) is 23.4. The van der Waals surface area contributed by atoms with E-state index in [0.29, 0.717) is 23.7 Å². The van der Waals surface area contributed by atoms with Crippen LogP contribution in [0.2, 0.25) is 0 Å². The Morgan fingerprint density at radius 3 is 3.03 bits per heavy atom. The fourth-order valence-corrected chi connectivity index (χ4v) is 5.29. The number of methoxy groups -OCH3 is 1. The second-order valence-corrected chi connectivity index (χ2v) is 9.17. The third kappa shape index (κ3) is 4.97. The van der Waals surface area contributed by atoms with Gasteiger partial charge in [-0.3, -0.25) is 9.59 Å². The lowest BCUT2D eigenvalue weighted by Crippen LogP contribution is -2.33. The van der Waals surface area contributed by atoms with E-state index in [2.05, 4.69) is 21.7 Å². The number of fused-ring (bicyclic) bond motifs is 1. The predicted octanol–water partition coefficient (Wildman–Crippen LogP) is 3.41. The van der Waals surface area contributed by atoms with Crippen LogP contribution in [-0.2, 0) is 22.7 Å². The van der Waals surface area contributed by atoms with E-state index in [1.165, 1.54) is 11.3 Å². The number of anilines is 1. The number of nitriles is 1. The molecule has 4 rings (SSSR count). The standard InChI is InChI=1S/C24H25N5O3S/c1-15(16-4-3-5-17(9-16)32-2)8-22(31)28-24-18(10-25)23-19(11-27-12-21(23)33-24)20(30)13-29-7-6-26-14-29/h3-7,9,14-15,19,27H,8,11-13H2,1-2H3,(H,28,31). The van der Waals surface area contributed by atoms with Gasteiger partial charge in [0.2, 0.25) is 5.91 Å². The third-order valence-electron chi connectivity index (χ3n) is 5.81. The van der Waals surface area contributed by atoms with Crippen molar-refractivity contribution < 1.29 is 14.3 Å². The van der Waals surface area contributed by atoms with Gasteiger partial charge in [0, 0.05) is 36.8 Å². The summed E-state index contributed by atoms with van der Waals surface area (Å²) in [5.74, 6) is 0.112. The first-order valence-corrected chi connectivity index (χ1v) is 11.5. The monoisotopic (exact) mass is 463 g/mol.